The van der Waals surface area contributed by atoms with Crippen LogP contribution in [0.1, 0.15) is 5.56 Å². The number of pyridine rings is 1. The van der Waals surface area contributed by atoms with Crippen LogP contribution in [0.2, 0.25) is 0 Å². The van der Waals surface area contributed by atoms with Crippen LogP contribution in [0.25, 0.3) is 0 Å². The fraction of sp³-hybridized carbons (Fsp3) is 0.250. The number of nitrogen functional groups attached to an aromatic ring is 1. The molecule has 0 bridgehead atoms. The van der Waals surface area contributed by atoms with Crippen LogP contribution >= 0.6 is 0 Å². The molecule has 64 valence electrons. The zero-order chi connectivity index (χ0) is 8.97. The van der Waals surface area contributed by atoms with Crippen LogP contribution in [-0.2, 0) is 11.2 Å². The van der Waals surface area contributed by atoms with Crippen molar-refractivity contribution in [2.24, 2.45) is 0 Å². The number of anilines is 1. The summed E-state index contributed by atoms with van der Waals surface area (Å²) in [6.45, 7) is 0. The standard InChI is InChI=1S/C8H10N2O2/c9-8-4-6(1-2-10-8)3-7(12)5-11/h1-2,4-5,7,12H,3H2,(H2,9,10). The van der Waals surface area contributed by atoms with Crippen molar-refractivity contribution in [3.63, 3.8) is 0 Å². The van der Waals surface area contributed by atoms with Crippen molar-refractivity contribution in [3.8, 4) is 0 Å². The predicted molar refractivity (Wildman–Crippen MR) is 44.4 cm³/mol. The Balaban J connectivity index is 2.69. The Labute approximate surface area is 70.0 Å². The fourth-order valence-corrected chi connectivity index (χ4v) is 0.911. The second-order valence-corrected chi connectivity index (χ2v) is 2.50. The fourth-order valence-electron chi connectivity index (χ4n) is 0.911. The maximum absolute atomic E-state index is 10.1. The highest BCUT2D eigenvalue weighted by molar-refractivity contribution is 5.56. The van der Waals surface area contributed by atoms with Gasteiger partial charge in [0, 0.05) is 12.6 Å². The first-order chi connectivity index (χ1) is 5.72. The van der Waals surface area contributed by atoms with Crippen molar-refractivity contribution < 1.29 is 9.90 Å². The zero-order valence-electron chi connectivity index (χ0n) is 6.47. The van der Waals surface area contributed by atoms with Crippen molar-refractivity contribution in [2.75, 3.05) is 5.73 Å². The Morgan fingerprint density at radius 1 is 1.75 bits per heavy atom. The van der Waals surface area contributed by atoms with E-state index >= 15 is 0 Å². The summed E-state index contributed by atoms with van der Waals surface area (Å²) in [6, 6.07) is 3.34. The van der Waals surface area contributed by atoms with Gasteiger partial charge in [0.25, 0.3) is 0 Å². The molecule has 0 aromatic carbocycles. The maximum atomic E-state index is 10.1. The van der Waals surface area contributed by atoms with E-state index in [1.54, 1.807) is 18.3 Å². The van der Waals surface area contributed by atoms with E-state index in [-0.39, 0.29) is 6.42 Å². The zero-order valence-corrected chi connectivity index (χ0v) is 6.47. The van der Waals surface area contributed by atoms with Gasteiger partial charge in [-0.05, 0) is 17.7 Å². The monoisotopic (exact) mass is 166 g/mol. The van der Waals surface area contributed by atoms with Gasteiger partial charge >= 0.3 is 0 Å². The van der Waals surface area contributed by atoms with Crippen LogP contribution in [-0.4, -0.2) is 22.5 Å². The number of aliphatic hydroxyl groups excluding tert-OH is 1. The summed E-state index contributed by atoms with van der Waals surface area (Å²) < 4.78 is 0. The third-order valence-electron chi connectivity index (χ3n) is 1.45. The number of hydrogen-bond donors (Lipinski definition) is 2. The first-order valence-electron chi connectivity index (χ1n) is 3.56. The molecule has 1 rings (SSSR count). The lowest BCUT2D eigenvalue weighted by Gasteiger charge is -2.02. The lowest BCUT2D eigenvalue weighted by Crippen LogP contribution is -2.11. The van der Waals surface area contributed by atoms with Gasteiger partial charge < -0.3 is 15.6 Å². The Morgan fingerprint density at radius 3 is 3.08 bits per heavy atom. The first-order valence-corrected chi connectivity index (χ1v) is 3.56. The van der Waals surface area contributed by atoms with E-state index in [2.05, 4.69) is 4.98 Å². The Kier molecular flexibility index (Phi) is 2.76. The van der Waals surface area contributed by atoms with Crippen LogP contribution in [0.15, 0.2) is 18.3 Å². The predicted octanol–water partition coefficient (Wildman–Crippen LogP) is -0.234. The molecule has 0 aliphatic rings. The molecule has 1 aromatic heterocycles. The molecule has 4 heteroatoms. The van der Waals surface area contributed by atoms with Crippen molar-refractivity contribution in [3.05, 3.63) is 23.9 Å². The van der Waals surface area contributed by atoms with E-state index in [1.807, 2.05) is 0 Å². The Bertz CT molecular complexity index is 276. The Hall–Kier alpha value is -1.42. The minimum Gasteiger partial charge on any atom is -0.385 e. The summed E-state index contributed by atoms with van der Waals surface area (Å²) in [5.74, 6) is 0.394. The van der Waals surface area contributed by atoms with Gasteiger partial charge in [0.05, 0.1) is 0 Å². The quantitative estimate of drug-likeness (QED) is 0.608. The lowest BCUT2D eigenvalue weighted by atomic mass is 10.1. The average molecular weight is 166 g/mol. The molecule has 1 aromatic rings. The van der Waals surface area contributed by atoms with Gasteiger partial charge in [0.1, 0.15) is 18.2 Å². The molecule has 0 spiro atoms. The number of nitrogens with zero attached hydrogens (tertiary/aromatic N) is 1. The maximum Gasteiger partial charge on any atom is 0.148 e. The summed E-state index contributed by atoms with van der Waals surface area (Å²) in [5, 5.41) is 8.97. The average Bonchev–Trinajstić information content (AvgIpc) is 2.04. The van der Waals surface area contributed by atoms with Crippen molar-refractivity contribution in [1.29, 1.82) is 0 Å². The van der Waals surface area contributed by atoms with Crippen LogP contribution < -0.4 is 5.73 Å². The number of carbonyl (C=O) groups excluding carboxylic acids is 1. The van der Waals surface area contributed by atoms with Gasteiger partial charge in [-0.3, -0.25) is 0 Å². The highest BCUT2D eigenvalue weighted by Crippen LogP contribution is 2.04. The van der Waals surface area contributed by atoms with E-state index in [1.165, 1.54) is 0 Å². The highest BCUT2D eigenvalue weighted by atomic mass is 16.3. The normalized spacial score (nSPS) is 12.4. The van der Waals surface area contributed by atoms with Gasteiger partial charge in [0.2, 0.25) is 0 Å². The summed E-state index contributed by atoms with van der Waals surface area (Å²) in [5.41, 5.74) is 6.20. The van der Waals surface area contributed by atoms with Gasteiger partial charge in [-0.2, -0.15) is 0 Å². The van der Waals surface area contributed by atoms with Crippen LogP contribution in [0.5, 0.6) is 0 Å². The number of aldehydes is 1. The van der Waals surface area contributed by atoms with Gasteiger partial charge in [-0.25, -0.2) is 4.98 Å². The molecular formula is C8H10N2O2. The summed E-state index contributed by atoms with van der Waals surface area (Å²) in [6.07, 6.45) is 1.38. The highest BCUT2D eigenvalue weighted by Gasteiger charge is 2.02. The molecule has 1 heterocycles. The topological polar surface area (TPSA) is 76.2 Å². The lowest BCUT2D eigenvalue weighted by molar-refractivity contribution is -0.114. The third-order valence-corrected chi connectivity index (χ3v) is 1.45. The van der Waals surface area contributed by atoms with Crippen molar-refractivity contribution in [1.82, 2.24) is 4.98 Å². The number of rotatable bonds is 3. The van der Waals surface area contributed by atoms with Gasteiger partial charge in [0.15, 0.2) is 0 Å². The van der Waals surface area contributed by atoms with Gasteiger partial charge in [-0.15, -0.1) is 0 Å². The van der Waals surface area contributed by atoms with Crippen molar-refractivity contribution in [2.45, 2.75) is 12.5 Å². The molecule has 0 radical (unpaired) electrons. The van der Waals surface area contributed by atoms with E-state index in [0.29, 0.717) is 12.1 Å². The van der Waals surface area contributed by atoms with E-state index in [4.69, 9.17) is 10.8 Å². The van der Waals surface area contributed by atoms with E-state index in [0.717, 1.165) is 5.56 Å². The first kappa shape index (κ1) is 8.67. The van der Waals surface area contributed by atoms with E-state index in [9.17, 15) is 4.79 Å². The number of aliphatic hydroxyl groups is 1. The molecule has 0 saturated heterocycles. The summed E-state index contributed by atoms with van der Waals surface area (Å²) >= 11 is 0. The molecule has 1 unspecified atom stereocenters. The SMILES string of the molecule is Nc1cc(CC(O)C=O)ccn1. The number of aromatic nitrogens is 1. The minimum absolute atomic E-state index is 0.288. The molecule has 0 saturated carbocycles. The molecule has 3 N–H and O–H groups in total. The third kappa shape index (κ3) is 2.32. The number of nitrogens with two attached hydrogens (primary N) is 1. The number of carbonyl (C=O) groups is 1. The second-order valence-electron chi connectivity index (χ2n) is 2.50. The molecular weight excluding hydrogens is 156 g/mol. The number of hydrogen-bond acceptors (Lipinski definition) is 4. The summed E-state index contributed by atoms with van der Waals surface area (Å²) in [7, 11) is 0. The molecule has 1 atom stereocenters. The molecule has 4 nitrogen and oxygen atoms in total. The smallest absolute Gasteiger partial charge is 0.148 e. The Morgan fingerprint density at radius 2 is 2.50 bits per heavy atom. The second kappa shape index (κ2) is 3.82. The van der Waals surface area contributed by atoms with Crippen LogP contribution in [0.4, 0.5) is 5.82 Å². The molecule has 0 aliphatic heterocycles. The molecule has 0 amide bonds. The largest absolute Gasteiger partial charge is 0.385 e. The minimum atomic E-state index is -0.952. The van der Waals surface area contributed by atoms with Gasteiger partial charge in [-0.1, -0.05) is 0 Å². The molecule has 12 heavy (non-hydrogen) atoms. The van der Waals surface area contributed by atoms with E-state index < -0.39 is 6.10 Å². The van der Waals surface area contributed by atoms with Crippen LogP contribution in [0, 0.1) is 0 Å². The molecule has 0 aliphatic carbocycles. The van der Waals surface area contributed by atoms with Crippen molar-refractivity contribution >= 4 is 12.1 Å². The molecule has 0 fully saturated rings. The summed E-state index contributed by atoms with van der Waals surface area (Å²) in [4.78, 5) is 13.9. The van der Waals surface area contributed by atoms with Crippen LogP contribution in [0.3, 0.4) is 0 Å².